The molecule has 1 unspecified atom stereocenters. The van der Waals surface area contributed by atoms with Crippen molar-refractivity contribution in [3.8, 4) is 0 Å². The average Bonchev–Trinajstić information content (AvgIpc) is 2.63. The van der Waals surface area contributed by atoms with E-state index in [2.05, 4.69) is 4.74 Å². The Bertz CT molecular complexity index is 176. The lowest BCUT2D eigenvalue weighted by Gasteiger charge is -2.17. The quantitative estimate of drug-likeness (QED) is 0.730. The molecule has 1 aliphatic rings. The number of alkyl halides is 3. The van der Waals surface area contributed by atoms with Crippen LogP contribution in [0.25, 0.3) is 0 Å². The van der Waals surface area contributed by atoms with Crippen molar-refractivity contribution in [1.29, 1.82) is 0 Å². The molecule has 15 heavy (non-hydrogen) atoms. The van der Waals surface area contributed by atoms with Gasteiger partial charge in [-0.05, 0) is 31.6 Å². The molecule has 0 spiro atoms. The van der Waals surface area contributed by atoms with E-state index in [1.165, 1.54) is 0 Å². The third-order valence-electron chi connectivity index (χ3n) is 2.85. The van der Waals surface area contributed by atoms with Crippen LogP contribution >= 0.6 is 0 Å². The summed E-state index contributed by atoms with van der Waals surface area (Å²) < 4.78 is 38.4. The first-order valence-corrected chi connectivity index (χ1v) is 5.38. The normalized spacial score (nSPS) is 20.8. The molecule has 0 aromatic carbocycles. The zero-order chi connectivity index (χ0) is 11.3. The maximum atomic E-state index is 11.6. The molecule has 1 fully saturated rings. The van der Waals surface area contributed by atoms with Gasteiger partial charge in [0.1, 0.15) is 0 Å². The number of aliphatic hydroxyl groups excluding tert-OH is 1. The lowest BCUT2D eigenvalue weighted by atomic mass is 9.97. The number of aliphatic hydroxyl groups is 1. The second-order valence-corrected chi connectivity index (χ2v) is 4.05. The van der Waals surface area contributed by atoms with Gasteiger partial charge in [-0.25, -0.2) is 0 Å². The highest BCUT2D eigenvalue weighted by atomic mass is 19.4. The predicted molar refractivity (Wildman–Crippen MR) is 49.2 cm³/mol. The second kappa shape index (κ2) is 5.70. The van der Waals surface area contributed by atoms with Gasteiger partial charge in [-0.3, -0.25) is 4.74 Å². The third-order valence-corrected chi connectivity index (χ3v) is 2.85. The topological polar surface area (TPSA) is 29.5 Å². The molecule has 0 amide bonds. The van der Waals surface area contributed by atoms with Crippen LogP contribution in [0.2, 0.25) is 0 Å². The first-order valence-electron chi connectivity index (χ1n) is 5.38. The highest BCUT2D eigenvalue weighted by Gasteiger charge is 2.29. The summed E-state index contributed by atoms with van der Waals surface area (Å²) in [5.41, 5.74) is 0. The number of halogens is 3. The zero-order valence-electron chi connectivity index (χ0n) is 8.59. The van der Waals surface area contributed by atoms with Crippen molar-refractivity contribution in [3.63, 3.8) is 0 Å². The van der Waals surface area contributed by atoms with Gasteiger partial charge in [-0.2, -0.15) is 0 Å². The van der Waals surface area contributed by atoms with Crippen LogP contribution in [-0.2, 0) is 4.74 Å². The monoisotopic (exact) mass is 226 g/mol. The summed E-state index contributed by atoms with van der Waals surface area (Å²) in [5.74, 6) is 0.288. The highest BCUT2D eigenvalue weighted by Crippen LogP contribution is 2.29. The van der Waals surface area contributed by atoms with E-state index in [1.807, 2.05) is 0 Å². The van der Waals surface area contributed by atoms with Crippen molar-refractivity contribution in [3.05, 3.63) is 0 Å². The smallest absolute Gasteiger partial charge is 0.393 e. The largest absolute Gasteiger partial charge is 0.522 e. The fourth-order valence-corrected chi connectivity index (χ4v) is 2.06. The number of hydrogen-bond acceptors (Lipinski definition) is 2. The molecular formula is C10H17F3O2. The van der Waals surface area contributed by atoms with E-state index in [0.717, 1.165) is 25.7 Å². The molecule has 1 atom stereocenters. The van der Waals surface area contributed by atoms with Crippen LogP contribution < -0.4 is 0 Å². The van der Waals surface area contributed by atoms with Crippen LogP contribution in [0, 0.1) is 5.92 Å². The van der Waals surface area contributed by atoms with E-state index < -0.39 is 12.5 Å². The molecule has 0 aromatic heterocycles. The minimum Gasteiger partial charge on any atom is -0.393 e. The van der Waals surface area contributed by atoms with Gasteiger partial charge in [0.15, 0.2) is 0 Å². The molecule has 0 heterocycles. The van der Waals surface area contributed by atoms with Crippen LogP contribution in [0.1, 0.15) is 38.5 Å². The second-order valence-electron chi connectivity index (χ2n) is 4.05. The van der Waals surface area contributed by atoms with Crippen molar-refractivity contribution in [1.82, 2.24) is 0 Å². The molecule has 0 aliphatic heterocycles. The Morgan fingerprint density at radius 3 is 2.40 bits per heavy atom. The van der Waals surface area contributed by atoms with E-state index in [0.29, 0.717) is 6.42 Å². The minimum atomic E-state index is -4.54. The Morgan fingerprint density at radius 2 is 1.87 bits per heavy atom. The molecule has 1 saturated carbocycles. The number of rotatable bonds is 5. The van der Waals surface area contributed by atoms with Crippen LogP contribution in [0.15, 0.2) is 0 Å². The summed E-state index contributed by atoms with van der Waals surface area (Å²) in [6.45, 7) is -0.354. The summed E-state index contributed by atoms with van der Waals surface area (Å²) >= 11 is 0. The summed E-state index contributed by atoms with van der Waals surface area (Å²) in [4.78, 5) is 0. The first kappa shape index (κ1) is 12.8. The maximum Gasteiger partial charge on any atom is 0.522 e. The lowest BCUT2D eigenvalue weighted by Crippen LogP contribution is -2.20. The fraction of sp³-hybridized carbons (Fsp3) is 1.00. The van der Waals surface area contributed by atoms with Crippen LogP contribution in [-0.4, -0.2) is 24.2 Å². The molecule has 1 N–H and O–H groups in total. The van der Waals surface area contributed by atoms with Crippen LogP contribution in [0.3, 0.4) is 0 Å². The molecule has 0 aromatic rings. The summed E-state index contributed by atoms with van der Waals surface area (Å²) in [7, 11) is 0. The summed E-state index contributed by atoms with van der Waals surface area (Å²) in [5, 5.41) is 9.64. The SMILES string of the molecule is OC(CCCOC(F)(F)F)C1CCCC1. The van der Waals surface area contributed by atoms with E-state index in [9.17, 15) is 18.3 Å². The van der Waals surface area contributed by atoms with Crippen molar-refractivity contribution < 1.29 is 23.0 Å². The first-order chi connectivity index (χ1) is 6.99. The van der Waals surface area contributed by atoms with Crippen LogP contribution in [0.5, 0.6) is 0 Å². The molecule has 5 heteroatoms. The lowest BCUT2D eigenvalue weighted by molar-refractivity contribution is -0.325. The van der Waals surface area contributed by atoms with Gasteiger partial charge in [0.05, 0.1) is 12.7 Å². The highest BCUT2D eigenvalue weighted by molar-refractivity contribution is 4.74. The Kier molecular flexibility index (Phi) is 4.86. The van der Waals surface area contributed by atoms with Gasteiger partial charge < -0.3 is 5.11 Å². The molecule has 0 saturated heterocycles. The Balaban J connectivity index is 2.04. The maximum absolute atomic E-state index is 11.6. The standard InChI is InChI=1S/C10H17F3O2/c11-10(12,13)15-7-3-6-9(14)8-4-1-2-5-8/h8-9,14H,1-7H2. The Hall–Kier alpha value is -0.290. The van der Waals surface area contributed by atoms with Gasteiger partial charge in [0.2, 0.25) is 0 Å². The molecule has 1 aliphatic carbocycles. The van der Waals surface area contributed by atoms with Crippen molar-refractivity contribution >= 4 is 0 Å². The number of hydrogen-bond donors (Lipinski definition) is 1. The summed E-state index contributed by atoms with van der Waals surface area (Å²) in [6.07, 6.45) is -0.0789. The Morgan fingerprint density at radius 1 is 1.27 bits per heavy atom. The van der Waals surface area contributed by atoms with Crippen LogP contribution in [0.4, 0.5) is 13.2 Å². The molecule has 0 bridgehead atoms. The van der Waals surface area contributed by atoms with Crippen molar-refractivity contribution in [2.45, 2.75) is 51.0 Å². The molecule has 1 rings (SSSR count). The molecular weight excluding hydrogens is 209 g/mol. The molecule has 2 nitrogen and oxygen atoms in total. The third kappa shape index (κ3) is 5.37. The average molecular weight is 226 g/mol. The zero-order valence-corrected chi connectivity index (χ0v) is 8.59. The van der Waals surface area contributed by atoms with Gasteiger partial charge >= 0.3 is 6.36 Å². The molecule has 0 radical (unpaired) electrons. The summed E-state index contributed by atoms with van der Waals surface area (Å²) in [6, 6.07) is 0. The van der Waals surface area contributed by atoms with Gasteiger partial charge in [0, 0.05) is 0 Å². The molecule has 90 valence electrons. The van der Waals surface area contributed by atoms with Gasteiger partial charge in [0.25, 0.3) is 0 Å². The van der Waals surface area contributed by atoms with E-state index in [-0.39, 0.29) is 18.9 Å². The van der Waals surface area contributed by atoms with E-state index in [4.69, 9.17) is 0 Å². The van der Waals surface area contributed by atoms with E-state index >= 15 is 0 Å². The fourth-order valence-electron chi connectivity index (χ4n) is 2.06. The van der Waals surface area contributed by atoms with E-state index in [1.54, 1.807) is 0 Å². The number of ether oxygens (including phenoxy) is 1. The predicted octanol–water partition coefficient (Wildman–Crippen LogP) is 2.85. The van der Waals surface area contributed by atoms with Gasteiger partial charge in [-0.15, -0.1) is 13.2 Å². The van der Waals surface area contributed by atoms with Gasteiger partial charge in [-0.1, -0.05) is 12.8 Å². The Labute approximate surface area is 87.4 Å². The van der Waals surface area contributed by atoms with Crippen molar-refractivity contribution in [2.75, 3.05) is 6.61 Å². The van der Waals surface area contributed by atoms with Crippen molar-refractivity contribution in [2.24, 2.45) is 5.92 Å². The minimum absolute atomic E-state index is 0.261.